The summed E-state index contributed by atoms with van der Waals surface area (Å²) in [5, 5.41) is 0. The number of ether oxygens (including phenoxy) is 1. The van der Waals surface area contributed by atoms with Gasteiger partial charge in [0.05, 0.1) is 19.5 Å². The molecule has 0 radical (unpaired) electrons. The molecule has 2 aliphatic rings. The van der Waals surface area contributed by atoms with Gasteiger partial charge in [-0.1, -0.05) is 30.3 Å². The highest BCUT2D eigenvalue weighted by Gasteiger charge is 2.39. The number of carbonyl (C=O) groups is 1. The average molecular weight is 367 g/mol. The van der Waals surface area contributed by atoms with Crippen LogP contribution in [0.1, 0.15) is 5.56 Å². The van der Waals surface area contributed by atoms with Crippen molar-refractivity contribution < 1.29 is 17.9 Å². The molecular weight excluding hydrogens is 342 g/mol. The molecule has 1 amide bonds. The summed E-state index contributed by atoms with van der Waals surface area (Å²) in [6.07, 6.45) is 1.18. The molecule has 1 atom stereocenters. The van der Waals surface area contributed by atoms with E-state index in [0.29, 0.717) is 52.5 Å². The first kappa shape index (κ1) is 18.3. The number of sulfonamides is 1. The van der Waals surface area contributed by atoms with E-state index in [4.69, 9.17) is 4.74 Å². The van der Waals surface area contributed by atoms with Gasteiger partial charge in [0.15, 0.2) is 0 Å². The van der Waals surface area contributed by atoms with Crippen LogP contribution in [0.3, 0.4) is 0 Å². The summed E-state index contributed by atoms with van der Waals surface area (Å²) in [5.74, 6) is -0.119. The van der Waals surface area contributed by atoms with Crippen LogP contribution in [0, 0.1) is 0 Å². The molecule has 0 N–H and O–H groups in total. The third-order valence-electron chi connectivity index (χ3n) is 4.70. The number of carbonyl (C=O) groups excluding carboxylic acids is 1. The van der Waals surface area contributed by atoms with E-state index >= 15 is 0 Å². The fraction of sp³-hybridized carbons (Fsp3) is 0.588. The fourth-order valence-electron chi connectivity index (χ4n) is 3.40. The van der Waals surface area contributed by atoms with Gasteiger partial charge < -0.3 is 9.64 Å². The molecule has 25 heavy (non-hydrogen) atoms. The molecule has 0 aliphatic carbocycles. The van der Waals surface area contributed by atoms with Crippen LogP contribution >= 0.6 is 0 Å². The van der Waals surface area contributed by atoms with Gasteiger partial charge in [0.1, 0.15) is 6.04 Å². The van der Waals surface area contributed by atoms with E-state index in [9.17, 15) is 13.2 Å². The van der Waals surface area contributed by atoms with Gasteiger partial charge in [0, 0.05) is 39.3 Å². The Bertz CT molecular complexity index is 689. The van der Waals surface area contributed by atoms with E-state index in [2.05, 4.69) is 4.90 Å². The molecule has 1 aromatic carbocycles. The highest BCUT2D eigenvalue weighted by atomic mass is 32.2. The Morgan fingerprint density at radius 1 is 1.12 bits per heavy atom. The van der Waals surface area contributed by atoms with E-state index in [1.165, 1.54) is 10.6 Å². The van der Waals surface area contributed by atoms with Crippen molar-refractivity contribution in [2.24, 2.45) is 0 Å². The zero-order chi connectivity index (χ0) is 17.9. The van der Waals surface area contributed by atoms with Crippen molar-refractivity contribution in [3.63, 3.8) is 0 Å². The molecule has 1 aromatic rings. The van der Waals surface area contributed by atoms with Gasteiger partial charge in [-0.2, -0.15) is 4.31 Å². The second kappa shape index (κ2) is 7.82. The standard InChI is InChI=1S/C17H25N3O4S/c1-25(22,23)20-8-7-18(13-15-5-3-2-4-6-15)14-16(20)17(21)19-9-11-24-12-10-19/h2-6,16H,7-14H2,1H3. The van der Waals surface area contributed by atoms with Crippen LogP contribution in [-0.4, -0.2) is 86.7 Å². The fourth-order valence-corrected chi connectivity index (χ4v) is 4.43. The van der Waals surface area contributed by atoms with Gasteiger partial charge >= 0.3 is 0 Å². The number of rotatable bonds is 4. The van der Waals surface area contributed by atoms with Gasteiger partial charge in [-0.25, -0.2) is 8.42 Å². The van der Waals surface area contributed by atoms with E-state index in [0.717, 1.165) is 5.56 Å². The van der Waals surface area contributed by atoms with Crippen LogP contribution in [0.4, 0.5) is 0 Å². The minimum Gasteiger partial charge on any atom is -0.378 e. The van der Waals surface area contributed by atoms with Crippen molar-refractivity contribution >= 4 is 15.9 Å². The van der Waals surface area contributed by atoms with Crippen LogP contribution in [0.2, 0.25) is 0 Å². The van der Waals surface area contributed by atoms with Crippen LogP contribution in [-0.2, 0) is 26.1 Å². The average Bonchev–Trinajstić information content (AvgIpc) is 2.62. The van der Waals surface area contributed by atoms with Gasteiger partial charge in [-0.3, -0.25) is 9.69 Å². The molecule has 1 unspecified atom stereocenters. The van der Waals surface area contributed by atoms with Crippen molar-refractivity contribution in [3.05, 3.63) is 35.9 Å². The number of morpholine rings is 1. The summed E-state index contributed by atoms with van der Waals surface area (Å²) < 4.78 is 31.0. The predicted octanol–water partition coefficient (Wildman–Crippen LogP) is -0.00880. The minimum atomic E-state index is -3.43. The summed E-state index contributed by atoms with van der Waals surface area (Å²) in [5.41, 5.74) is 1.16. The van der Waals surface area contributed by atoms with Crippen molar-refractivity contribution in [1.29, 1.82) is 0 Å². The Morgan fingerprint density at radius 3 is 2.44 bits per heavy atom. The molecule has 2 saturated heterocycles. The van der Waals surface area contributed by atoms with Crippen molar-refractivity contribution in [1.82, 2.24) is 14.1 Å². The summed E-state index contributed by atoms with van der Waals surface area (Å²) >= 11 is 0. The first-order valence-electron chi connectivity index (χ1n) is 8.55. The van der Waals surface area contributed by atoms with E-state index < -0.39 is 16.1 Å². The lowest BCUT2D eigenvalue weighted by molar-refractivity contribution is -0.141. The second-order valence-corrected chi connectivity index (χ2v) is 8.48. The quantitative estimate of drug-likeness (QED) is 0.749. The maximum absolute atomic E-state index is 12.9. The van der Waals surface area contributed by atoms with Crippen LogP contribution in [0.15, 0.2) is 30.3 Å². The highest BCUT2D eigenvalue weighted by molar-refractivity contribution is 7.88. The number of hydrogen-bond donors (Lipinski definition) is 0. The largest absolute Gasteiger partial charge is 0.378 e. The summed E-state index contributed by atoms with van der Waals surface area (Å²) in [6.45, 7) is 4.14. The maximum Gasteiger partial charge on any atom is 0.242 e. The normalized spacial score (nSPS) is 23.6. The SMILES string of the molecule is CS(=O)(=O)N1CCN(Cc2ccccc2)CC1C(=O)N1CCOCC1. The smallest absolute Gasteiger partial charge is 0.242 e. The third-order valence-corrected chi connectivity index (χ3v) is 5.99. The lowest BCUT2D eigenvalue weighted by Gasteiger charge is -2.41. The molecule has 0 spiro atoms. The Morgan fingerprint density at radius 2 is 1.80 bits per heavy atom. The van der Waals surface area contributed by atoms with Gasteiger partial charge in [0.25, 0.3) is 0 Å². The Hall–Kier alpha value is -1.48. The number of hydrogen-bond acceptors (Lipinski definition) is 5. The topological polar surface area (TPSA) is 70.2 Å². The van der Waals surface area contributed by atoms with Crippen molar-refractivity contribution in [3.8, 4) is 0 Å². The summed E-state index contributed by atoms with van der Waals surface area (Å²) in [6, 6.07) is 9.36. The van der Waals surface area contributed by atoms with Crippen LogP contribution < -0.4 is 0 Å². The number of piperazine rings is 1. The molecule has 138 valence electrons. The monoisotopic (exact) mass is 367 g/mol. The van der Waals surface area contributed by atoms with Crippen molar-refractivity contribution in [2.75, 3.05) is 52.2 Å². The molecule has 2 aliphatic heterocycles. The molecule has 0 saturated carbocycles. The second-order valence-electron chi connectivity index (χ2n) is 6.55. The third kappa shape index (κ3) is 4.58. The first-order valence-corrected chi connectivity index (χ1v) is 10.4. The first-order chi connectivity index (χ1) is 11.9. The lowest BCUT2D eigenvalue weighted by atomic mass is 10.1. The maximum atomic E-state index is 12.9. The van der Waals surface area contributed by atoms with Crippen LogP contribution in [0.25, 0.3) is 0 Å². The van der Waals surface area contributed by atoms with Gasteiger partial charge in [-0.15, -0.1) is 0 Å². The van der Waals surface area contributed by atoms with Gasteiger partial charge in [0.2, 0.25) is 15.9 Å². The Labute approximate surface area is 149 Å². The summed E-state index contributed by atoms with van der Waals surface area (Å²) in [7, 11) is -3.43. The Balaban J connectivity index is 1.75. The van der Waals surface area contributed by atoms with Gasteiger partial charge in [-0.05, 0) is 5.56 Å². The van der Waals surface area contributed by atoms with Crippen molar-refractivity contribution in [2.45, 2.75) is 12.6 Å². The van der Waals surface area contributed by atoms with Crippen LogP contribution in [0.5, 0.6) is 0 Å². The van der Waals surface area contributed by atoms with E-state index in [1.807, 2.05) is 30.3 Å². The zero-order valence-corrected chi connectivity index (χ0v) is 15.3. The molecule has 8 heteroatoms. The molecule has 2 heterocycles. The predicted molar refractivity (Wildman–Crippen MR) is 94.5 cm³/mol. The molecule has 3 rings (SSSR count). The molecule has 0 bridgehead atoms. The number of amides is 1. The molecule has 7 nitrogen and oxygen atoms in total. The lowest BCUT2D eigenvalue weighted by Crippen LogP contribution is -2.61. The number of benzene rings is 1. The highest BCUT2D eigenvalue weighted by Crippen LogP contribution is 2.18. The Kier molecular flexibility index (Phi) is 5.73. The minimum absolute atomic E-state index is 0.119. The number of nitrogens with zero attached hydrogens (tertiary/aromatic N) is 3. The zero-order valence-electron chi connectivity index (χ0n) is 14.5. The molecular formula is C17H25N3O4S. The van der Waals surface area contributed by atoms with E-state index in [1.54, 1.807) is 4.90 Å². The van der Waals surface area contributed by atoms with E-state index in [-0.39, 0.29) is 5.91 Å². The molecule has 0 aromatic heterocycles. The molecule has 2 fully saturated rings. The summed E-state index contributed by atoms with van der Waals surface area (Å²) in [4.78, 5) is 16.8.